The minimum Gasteiger partial charge on any atom is -0.497 e. The molecule has 0 aromatic heterocycles. The first kappa shape index (κ1) is 17.5. The molecule has 0 saturated heterocycles. The van der Waals surface area contributed by atoms with Crippen LogP contribution in [-0.4, -0.2) is 24.9 Å². The van der Waals surface area contributed by atoms with Crippen LogP contribution >= 0.6 is 0 Å². The van der Waals surface area contributed by atoms with E-state index in [4.69, 9.17) is 9.47 Å². The van der Waals surface area contributed by atoms with Gasteiger partial charge in [0.1, 0.15) is 11.5 Å². The second-order valence-electron chi connectivity index (χ2n) is 5.28. The van der Waals surface area contributed by atoms with Gasteiger partial charge in [0.25, 0.3) is 5.91 Å². The molecule has 126 valence electrons. The zero-order chi connectivity index (χ0) is 17.5. The first-order valence-corrected chi connectivity index (χ1v) is 7.78. The monoisotopic (exact) mass is 327 g/mol. The fourth-order valence-corrected chi connectivity index (χ4v) is 2.13. The number of hydrogen-bond acceptors (Lipinski definition) is 4. The molecule has 2 aromatic rings. The van der Waals surface area contributed by atoms with E-state index < -0.39 is 6.10 Å². The van der Waals surface area contributed by atoms with Gasteiger partial charge >= 0.3 is 0 Å². The lowest BCUT2D eigenvalue weighted by Crippen LogP contribution is -2.30. The molecule has 0 aliphatic carbocycles. The minimum atomic E-state index is -0.677. The fourth-order valence-electron chi connectivity index (χ4n) is 2.13. The van der Waals surface area contributed by atoms with Gasteiger partial charge in [-0.05, 0) is 43.3 Å². The second-order valence-corrected chi connectivity index (χ2v) is 5.28. The fraction of sp³-hybridized carbons (Fsp3) is 0.263. The number of methoxy groups -OCH3 is 1. The van der Waals surface area contributed by atoms with E-state index in [0.29, 0.717) is 29.2 Å². The Hall–Kier alpha value is -2.82. The topological polar surface area (TPSA) is 64.6 Å². The number of hydrogen-bond donors (Lipinski definition) is 1. The largest absolute Gasteiger partial charge is 0.497 e. The molecule has 1 atom stereocenters. The van der Waals surface area contributed by atoms with Crippen molar-refractivity contribution >= 4 is 17.4 Å². The Morgan fingerprint density at radius 2 is 1.79 bits per heavy atom. The van der Waals surface area contributed by atoms with Gasteiger partial charge in [-0.25, -0.2) is 0 Å². The van der Waals surface area contributed by atoms with Crippen LogP contribution in [0.4, 0.5) is 5.69 Å². The molecule has 0 saturated carbocycles. The van der Waals surface area contributed by atoms with Crippen molar-refractivity contribution in [3.63, 3.8) is 0 Å². The maximum atomic E-state index is 12.2. The summed E-state index contributed by atoms with van der Waals surface area (Å²) >= 11 is 0. The lowest BCUT2D eigenvalue weighted by Gasteiger charge is -2.15. The number of amides is 1. The molecule has 0 aliphatic rings. The average Bonchev–Trinajstić information content (AvgIpc) is 2.61. The highest BCUT2D eigenvalue weighted by atomic mass is 16.5. The van der Waals surface area contributed by atoms with E-state index in [1.54, 1.807) is 62.6 Å². The van der Waals surface area contributed by atoms with E-state index in [9.17, 15) is 9.59 Å². The van der Waals surface area contributed by atoms with Crippen LogP contribution in [0.15, 0.2) is 48.5 Å². The number of nitrogens with one attached hydrogen (secondary N) is 1. The zero-order valence-electron chi connectivity index (χ0n) is 14.0. The standard InChI is InChI=1S/C19H21NO4/c1-4-18(21)14-8-10-16(11-9-14)24-13(2)19(22)20-15-6-5-7-17(12-15)23-3/h5-13H,4H2,1-3H3,(H,20,22)/t13-/m0/s1. The molecular weight excluding hydrogens is 306 g/mol. The van der Waals surface area contributed by atoms with Crippen LogP contribution in [-0.2, 0) is 4.79 Å². The number of rotatable bonds is 7. The third kappa shape index (κ3) is 4.59. The lowest BCUT2D eigenvalue weighted by atomic mass is 10.1. The lowest BCUT2D eigenvalue weighted by molar-refractivity contribution is -0.122. The van der Waals surface area contributed by atoms with Crippen molar-refractivity contribution in [2.75, 3.05) is 12.4 Å². The number of ketones is 1. The van der Waals surface area contributed by atoms with Crippen molar-refractivity contribution in [3.8, 4) is 11.5 Å². The molecular formula is C19H21NO4. The van der Waals surface area contributed by atoms with E-state index in [2.05, 4.69) is 5.32 Å². The Balaban J connectivity index is 1.96. The Kier molecular flexibility index (Phi) is 5.95. The first-order chi connectivity index (χ1) is 11.5. The van der Waals surface area contributed by atoms with Crippen LogP contribution in [0.25, 0.3) is 0 Å². The van der Waals surface area contributed by atoms with Crippen LogP contribution < -0.4 is 14.8 Å². The molecule has 24 heavy (non-hydrogen) atoms. The molecule has 1 amide bonds. The maximum absolute atomic E-state index is 12.2. The van der Waals surface area contributed by atoms with Gasteiger partial charge < -0.3 is 14.8 Å². The van der Waals surface area contributed by atoms with Crippen LogP contribution in [0, 0.1) is 0 Å². The predicted molar refractivity (Wildman–Crippen MR) is 92.8 cm³/mol. The Morgan fingerprint density at radius 3 is 2.42 bits per heavy atom. The van der Waals surface area contributed by atoms with Gasteiger partial charge in [-0.1, -0.05) is 13.0 Å². The quantitative estimate of drug-likeness (QED) is 0.788. The molecule has 5 nitrogen and oxygen atoms in total. The summed E-state index contributed by atoms with van der Waals surface area (Å²) in [4.78, 5) is 23.8. The normalized spacial score (nSPS) is 11.5. The number of Topliss-reactive ketones (excluding diaryl/α,β-unsaturated/α-hetero) is 1. The van der Waals surface area contributed by atoms with Gasteiger partial charge in [0.2, 0.25) is 0 Å². The number of carbonyl (C=O) groups excluding carboxylic acids is 2. The number of carbonyl (C=O) groups is 2. The Bertz CT molecular complexity index is 710. The molecule has 0 bridgehead atoms. The SMILES string of the molecule is CCC(=O)c1ccc(O[C@@H](C)C(=O)Nc2cccc(OC)c2)cc1. The summed E-state index contributed by atoms with van der Waals surface area (Å²) < 4.78 is 10.7. The van der Waals surface area contributed by atoms with Crippen molar-refractivity contribution in [3.05, 3.63) is 54.1 Å². The summed E-state index contributed by atoms with van der Waals surface area (Å²) in [6, 6.07) is 13.9. The molecule has 2 aromatic carbocycles. The predicted octanol–water partition coefficient (Wildman–Crippen LogP) is 3.69. The molecule has 0 spiro atoms. The van der Waals surface area contributed by atoms with E-state index in [-0.39, 0.29) is 11.7 Å². The van der Waals surface area contributed by atoms with Crippen molar-refractivity contribution in [1.29, 1.82) is 0 Å². The van der Waals surface area contributed by atoms with Crippen LogP contribution in [0.5, 0.6) is 11.5 Å². The molecule has 0 heterocycles. The summed E-state index contributed by atoms with van der Waals surface area (Å²) in [5.41, 5.74) is 1.28. The van der Waals surface area contributed by atoms with E-state index >= 15 is 0 Å². The minimum absolute atomic E-state index is 0.0744. The van der Waals surface area contributed by atoms with Crippen LogP contribution in [0.3, 0.4) is 0 Å². The van der Waals surface area contributed by atoms with Crippen molar-refractivity contribution < 1.29 is 19.1 Å². The van der Waals surface area contributed by atoms with Crippen LogP contribution in [0.2, 0.25) is 0 Å². The summed E-state index contributed by atoms with van der Waals surface area (Å²) in [6.45, 7) is 3.48. The maximum Gasteiger partial charge on any atom is 0.265 e. The van der Waals surface area contributed by atoms with Gasteiger partial charge in [0.05, 0.1) is 7.11 Å². The van der Waals surface area contributed by atoms with Crippen LogP contribution in [0.1, 0.15) is 30.6 Å². The number of ether oxygens (including phenoxy) is 2. The van der Waals surface area contributed by atoms with Gasteiger partial charge in [-0.15, -0.1) is 0 Å². The molecule has 0 fully saturated rings. The second kappa shape index (κ2) is 8.15. The van der Waals surface area contributed by atoms with Crippen molar-refractivity contribution in [2.24, 2.45) is 0 Å². The zero-order valence-corrected chi connectivity index (χ0v) is 14.0. The highest BCUT2D eigenvalue weighted by molar-refractivity contribution is 5.96. The Labute approximate surface area is 141 Å². The third-order valence-corrected chi connectivity index (χ3v) is 3.52. The number of anilines is 1. The summed E-state index contributed by atoms with van der Waals surface area (Å²) in [5, 5.41) is 2.78. The van der Waals surface area contributed by atoms with Gasteiger partial charge in [0.15, 0.2) is 11.9 Å². The molecule has 2 rings (SSSR count). The summed E-state index contributed by atoms with van der Waals surface area (Å²) in [7, 11) is 1.57. The van der Waals surface area contributed by atoms with Crippen molar-refractivity contribution in [2.45, 2.75) is 26.4 Å². The smallest absolute Gasteiger partial charge is 0.265 e. The van der Waals surface area contributed by atoms with E-state index in [1.807, 2.05) is 6.92 Å². The van der Waals surface area contributed by atoms with Gasteiger partial charge in [-0.3, -0.25) is 9.59 Å². The van der Waals surface area contributed by atoms with Gasteiger partial charge in [-0.2, -0.15) is 0 Å². The molecule has 5 heteroatoms. The first-order valence-electron chi connectivity index (χ1n) is 7.78. The molecule has 0 unspecified atom stereocenters. The average molecular weight is 327 g/mol. The molecule has 1 N–H and O–H groups in total. The third-order valence-electron chi connectivity index (χ3n) is 3.52. The number of benzene rings is 2. The van der Waals surface area contributed by atoms with Crippen molar-refractivity contribution in [1.82, 2.24) is 0 Å². The molecule has 0 radical (unpaired) electrons. The summed E-state index contributed by atoms with van der Waals surface area (Å²) in [5.74, 6) is 1.01. The molecule has 0 aliphatic heterocycles. The van der Waals surface area contributed by atoms with E-state index in [0.717, 1.165) is 0 Å². The highest BCUT2D eigenvalue weighted by Gasteiger charge is 2.15. The Morgan fingerprint density at radius 1 is 1.08 bits per heavy atom. The van der Waals surface area contributed by atoms with E-state index in [1.165, 1.54) is 0 Å². The van der Waals surface area contributed by atoms with Gasteiger partial charge in [0, 0.05) is 23.7 Å². The highest BCUT2D eigenvalue weighted by Crippen LogP contribution is 2.18. The summed E-state index contributed by atoms with van der Waals surface area (Å²) in [6.07, 6.45) is -0.219.